The van der Waals surface area contributed by atoms with Gasteiger partial charge in [0.05, 0.1) is 4.90 Å². The van der Waals surface area contributed by atoms with Gasteiger partial charge in [0.15, 0.2) is 9.84 Å². The normalized spacial score (nSPS) is 15.5. The number of likely N-dealkylation sites (N-methyl/N-ethyl adjacent to an activating group) is 1. The Balaban J connectivity index is 2.46. The number of hydrogen-bond donors (Lipinski definition) is 0. The zero-order valence-electron chi connectivity index (χ0n) is 9.03. The average molecular weight is 225 g/mol. The summed E-state index contributed by atoms with van der Waals surface area (Å²) in [4.78, 5) is 2.70. The maximum atomic E-state index is 11.4. The van der Waals surface area contributed by atoms with E-state index in [1.54, 1.807) is 12.1 Å². The third kappa shape index (κ3) is 1.86. The van der Waals surface area contributed by atoms with Crippen LogP contribution in [0.3, 0.4) is 0 Å². The van der Waals surface area contributed by atoms with Crippen molar-refractivity contribution >= 4 is 15.5 Å². The molecule has 2 rings (SSSR count). The summed E-state index contributed by atoms with van der Waals surface area (Å²) in [5, 5.41) is 0. The lowest BCUT2D eigenvalue weighted by Crippen LogP contribution is -2.19. The van der Waals surface area contributed by atoms with Crippen LogP contribution in [-0.2, 0) is 16.3 Å². The van der Waals surface area contributed by atoms with Crippen LogP contribution >= 0.6 is 0 Å². The highest BCUT2D eigenvalue weighted by atomic mass is 32.2. The van der Waals surface area contributed by atoms with Crippen LogP contribution in [0.25, 0.3) is 0 Å². The highest BCUT2D eigenvalue weighted by Crippen LogP contribution is 2.29. The molecule has 3 nitrogen and oxygen atoms in total. The second-order valence-electron chi connectivity index (χ2n) is 3.89. The standard InChI is InChI=1S/C11H15NO2S/c1-3-12-7-6-9-8-10(15(2,13)14)4-5-11(9)12/h4-5,8H,3,6-7H2,1-2H3. The van der Waals surface area contributed by atoms with Gasteiger partial charge in [0.25, 0.3) is 0 Å². The Morgan fingerprint density at radius 1 is 1.40 bits per heavy atom. The molecule has 1 aromatic carbocycles. The van der Waals surface area contributed by atoms with Gasteiger partial charge in [-0.2, -0.15) is 0 Å². The number of benzene rings is 1. The minimum atomic E-state index is -3.07. The van der Waals surface area contributed by atoms with Gasteiger partial charge in [-0.25, -0.2) is 8.42 Å². The molecule has 0 N–H and O–H groups in total. The lowest BCUT2D eigenvalue weighted by molar-refractivity contribution is 0.602. The van der Waals surface area contributed by atoms with E-state index in [4.69, 9.17) is 0 Å². The molecule has 4 heteroatoms. The van der Waals surface area contributed by atoms with Crippen LogP contribution in [0.2, 0.25) is 0 Å². The van der Waals surface area contributed by atoms with E-state index in [1.807, 2.05) is 6.07 Å². The minimum absolute atomic E-state index is 0.430. The Hall–Kier alpha value is -1.03. The first kappa shape index (κ1) is 10.5. The molecule has 1 aliphatic heterocycles. The topological polar surface area (TPSA) is 37.4 Å². The number of anilines is 1. The molecule has 0 aliphatic carbocycles. The first-order valence-electron chi connectivity index (χ1n) is 5.10. The van der Waals surface area contributed by atoms with Crippen LogP contribution in [0.15, 0.2) is 23.1 Å². The fraction of sp³-hybridized carbons (Fsp3) is 0.455. The van der Waals surface area contributed by atoms with Crippen LogP contribution in [-0.4, -0.2) is 27.8 Å². The minimum Gasteiger partial charge on any atom is -0.371 e. The maximum absolute atomic E-state index is 11.4. The Morgan fingerprint density at radius 3 is 2.73 bits per heavy atom. The molecular formula is C11H15NO2S. The van der Waals surface area contributed by atoms with Gasteiger partial charge in [-0.05, 0) is 37.1 Å². The third-order valence-electron chi connectivity index (χ3n) is 2.85. The van der Waals surface area contributed by atoms with E-state index >= 15 is 0 Å². The first-order chi connectivity index (χ1) is 7.02. The zero-order valence-corrected chi connectivity index (χ0v) is 9.84. The number of sulfone groups is 1. The Bertz CT molecular complexity index is 479. The molecule has 0 saturated heterocycles. The highest BCUT2D eigenvalue weighted by molar-refractivity contribution is 7.90. The number of fused-ring (bicyclic) bond motifs is 1. The van der Waals surface area contributed by atoms with Gasteiger partial charge in [0, 0.05) is 25.0 Å². The van der Waals surface area contributed by atoms with E-state index in [1.165, 1.54) is 11.9 Å². The van der Waals surface area contributed by atoms with Crippen molar-refractivity contribution in [1.82, 2.24) is 0 Å². The van der Waals surface area contributed by atoms with Crippen molar-refractivity contribution in [2.24, 2.45) is 0 Å². The average Bonchev–Trinajstić information content (AvgIpc) is 2.58. The molecule has 0 atom stereocenters. The van der Waals surface area contributed by atoms with Gasteiger partial charge in [-0.15, -0.1) is 0 Å². The third-order valence-corrected chi connectivity index (χ3v) is 3.96. The fourth-order valence-corrected chi connectivity index (χ4v) is 2.68. The van der Waals surface area contributed by atoms with Gasteiger partial charge in [0.2, 0.25) is 0 Å². The maximum Gasteiger partial charge on any atom is 0.175 e. The van der Waals surface area contributed by atoms with Crippen molar-refractivity contribution in [3.05, 3.63) is 23.8 Å². The number of hydrogen-bond acceptors (Lipinski definition) is 3. The van der Waals surface area contributed by atoms with Crippen molar-refractivity contribution in [2.45, 2.75) is 18.2 Å². The molecule has 0 radical (unpaired) electrons. The largest absolute Gasteiger partial charge is 0.371 e. The molecule has 0 saturated carbocycles. The van der Waals surface area contributed by atoms with E-state index in [9.17, 15) is 8.42 Å². The lowest BCUT2D eigenvalue weighted by atomic mass is 10.2. The van der Waals surface area contributed by atoms with Crippen molar-refractivity contribution < 1.29 is 8.42 Å². The van der Waals surface area contributed by atoms with Gasteiger partial charge in [0.1, 0.15) is 0 Å². The molecule has 0 fully saturated rings. The Kier molecular flexibility index (Phi) is 2.46. The number of nitrogens with zero attached hydrogens (tertiary/aromatic N) is 1. The number of rotatable bonds is 2. The molecule has 0 aromatic heterocycles. The summed E-state index contributed by atoms with van der Waals surface area (Å²) < 4.78 is 22.7. The summed E-state index contributed by atoms with van der Waals surface area (Å²) >= 11 is 0. The monoisotopic (exact) mass is 225 g/mol. The Labute approximate surface area is 90.6 Å². The van der Waals surface area contributed by atoms with E-state index in [-0.39, 0.29) is 0 Å². The second kappa shape index (κ2) is 3.52. The predicted molar refractivity (Wildman–Crippen MR) is 61.1 cm³/mol. The molecule has 1 aromatic rings. The van der Waals surface area contributed by atoms with Crippen LogP contribution in [0, 0.1) is 0 Å². The Morgan fingerprint density at radius 2 is 2.13 bits per heavy atom. The van der Waals surface area contributed by atoms with E-state index in [0.29, 0.717) is 4.90 Å². The zero-order chi connectivity index (χ0) is 11.1. The van der Waals surface area contributed by atoms with Gasteiger partial charge >= 0.3 is 0 Å². The quantitative estimate of drug-likeness (QED) is 0.765. The summed E-state index contributed by atoms with van der Waals surface area (Å²) in [5.74, 6) is 0. The van der Waals surface area contributed by atoms with Crippen molar-refractivity contribution in [1.29, 1.82) is 0 Å². The predicted octanol–water partition coefficient (Wildman–Crippen LogP) is 1.47. The van der Waals surface area contributed by atoms with Gasteiger partial charge in [-0.3, -0.25) is 0 Å². The molecule has 0 amide bonds. The molecule has 15 heavy (non-hydrogen) atoms. The fourth-order valence-electron chi connectivity index (χ4n) is 2.01. The van der Waals surface area contributed by atoms with Crippen LogP contribution in [0.5, 0.6) is 0 Å². The molecular weight excluding hydrogens is 210 g/mol. The lowest BCUT2D eigenvalue weighted by Gasteiger charge is -2.16. The molecule has 1 heterocycles. The smallest absolute Gasteiger partial charge is 0.175 e. The van der Waals surface area contributed by atoms with Gasteiger partial charge < -0.3 is 4.90 Å². The first-order valence-corrected chi connectivity index (χ1v) is 6.99. The van der Waals surface area contributed by atoms with Crippen LogP contribution in [0.4, 0.5) is 5.69 Å². The van der Waals surface area contributed by atoms with Gasteiger partial charge in [-0.1, -0.05) is 0 Å². The van der Waals surface area contributed by atoms with Crippen molar-refractivity contribution in [3.8, 4) is 0 Å². The van der Waals surface area contributed by atoms with Crippen molar-refractivity contribution in [2.75, 3.05) is 24.2 Å². The molecule has 82 valence electrons. The highest BCUT2D eigenvalue weighted by Gasteiger charge is 2.19. The summed E-state index contributed by atoms with van der Waals surface area (Å²) in [7, 11) is -3.07. The van der Waals surface area contributed by atoms with E-state index < -0.39 is 9.84 Å². The summed E-state index contributed by atoms with van der Waals surface area (Å²) in [5.41, 5.74) is 2.34. The summed E-state index contributed by atoms with van der Waals surface area (Å²) in [6, 6.07) is 5.42. The van der Waals surface area contributed by atoms with E-state index in [2.05, 4.69) is 11.8 Å². The molecule has 0 spiro atoms. The van der Waals surface area contributed by atoms with Crippen LogP contribution in [0.1, 0.15) is 12.5 Å². The van der Waals surface area contributed by atoms with Crippen molar-refractivity contribution in [3.63, 3.8) is 0 Å². The SMILES string of the molecule is CCN1CCc2cc(S(C)(=O)=O)ccc21. The summed E-state index contributed by atoms with van der Waals surface area (Å²) in [6.07, 6.45) is 2.20. The van der Waals surface area contributed by atoms with E-state index in [0.717, 1.165) is 25.1 Å². The molecule has 0 bridgehead atoms. The summed E-state index contributed by atoms with van der Waals surface area (Å²) in [6.45, 7) is 4.09. The molecule has 0 unspecified atom stereocenters. The molecule has 1 aliphatic rings. The second-order valence-corrected chi connectivity index (χ2v) is 5.91. The van der Waals surface area contributed by atoms with Crippen LogP contribution < -0.4 is 4.90 Å².